The van der Waals surface area contributed by atoms with E-state index in [4.69, 9.17) is 4.74 Å². The maximum Gasteiger partial charge on any atom is 0.305 e. The molecule has 0 fully saturated rings. The van der Waals surface area contributed by atoms with Crippen molar-refractivity contribution in [3.05, 3.63) is 24.3 Å². The number of allylic oxidation sites excluding steroid dienone is 4. The minimum Gasteiger partial charge on any atom is -0.466 e. The van der Waals surface area contributed by atoms with Gasteiger partial charge in [-0.1, -0.05) is 430 Å². The zero-order chi connectivity index (χ0) is 67.0. The Morgan fingerprint density at radius 1 is 0.290 bits per heavy atom. The van der Waals surface area contributed by atoms with Gasteiger partial charge in [0.05, 0.1) is 25.4 Å². The van der Waals surface area contributed by atoms with Gasteiger partial charge >= 0.3 is 5.97 Å². The second kappa shape index (κ2) is 82.8. The molecule has 2 unspecified atom stereocenters. The number of hydrogen-bond acceptors (Lipinski definition) is 5. The van der Waals surface area contributed by atoms with Crippen molar-refractivity contribution >= 4 is 11.9 Å². The number of esters is 1. The summed E-state index contributed by atoms with van der Waals surface area (Å²) in [5.41, 5.74) is 0. The van der Waals surface area contributed by atoms with Crippen LogP contribution >= 0.6 is 0 Å². The highest BCUT2D eigenvalue weighted by Gasteiger charge is 2.20. The highest BCUT2D eigenvalue weighted by Crippen LogP contribution is 2.21. The number of carbonyl (C=O) groups is 2. The van der Waals surface area contributed by atoms with E-state index in [9.17, 15) is 19.8 Å². The number of ether oxygens (including phenoxy) is 1. The van der Waals surface area contributed by atoms with Crippen molar-refractivity contribution in [3.63, 3.8) is 0 Å². The Labute approximate surface area is 583 Å². The van der Waals surface area contributed by atoms with Gasteiger partial charge in [0.1, 0.15) is 0 Å². The lowest BCUT2D eigenvalue weighted by atomic mass is 10.0. The van der Waals surface area contributed by atoms with Crippen LogP contribution in [-0.4, -0.2) is 47.4 Å². The van der Waals surface area contributed by atoms with E-state index >= 15 is 0 Å². The molecule has 0 aromatic carbocycles. The molecular formula is C87H169NO5. The summed E-state index contributed by atoms with van der Waals surface area (Å²) in [6, 6.07) is -0.539. The molecule has 0 spiro atoms. The minimum atomic E-state index is -0.662. The molecule has 2 atom stereocenters. The van der Waals surface area contributed by atoms with Gasteiger partial charge in [0.15, 0.2) is 0 Å². The largest absolute Gasteiger partial charge is 0.466 e. The highest BCUT2D eigenvalue weighted by molar-refractivity contribution is 5.76. The summed E-state index contributed by atoms with van der Waals surface area (Å²) >= 11 is 0. The Morgan fingerprint density at radius 2 is 0.505 bits per heavy atom. The monoisotopic (exact) mass is 1310 g/mol. The maximum atomic E-state index is 12.6. The summed E-state index contributed by atoms with van der Waals surface area (Å²) in [4.78, 5) is 24.7. The average molecular weight is 1310 g/mol. The molecule has 0 aromatic rings. The quantitative estimate of drug-likeness (QED) is 0.0320. The van der Waals surface area contributed by atoms with Crippen molar-refractivity contribution in [2.45, 2.75) is 508 Å². The summed E-state index contributed by atoms with van der Waals surface area (Å²) < 4.78 is 5.52. The van der Waals surface area contributed by atoms with Gasteiger partial charge in [-0.3, -0.25) is 9.59 Å². The van der Waals surface area contributed by atoms with Crippen LogP contribution in [0.15, 0.2) is 24.3 Å². The second-order valence-electron chi connectivity index (χ2n) is 29.9. The number of nitrogens with one attached hydrogen (secondary N) is 1. The molecule has 6 nitrogen and oxygen atoms in total. The molecule has 0 bridgehead atoms. The molecule has 0 saturated heterocycles. The lowest BCUT2D eigenvalue weighted by Crippen LogP contribution is -2.45. The third-order valence-corrected chi connectivity index (χ3v) is 20.5. The van der Waals surface area contributed by atoms with Crippen LogP contribution in [0.3, 0.4) is 0 Å². The summed E-state index contributed by atoms with van der Waals surface area (Å²) in [6.45, 7) is 5.01. The fraction of sp³-hybridized carbons (Fsp3) is 0.931. The summed E-state index contributed by atoms with van der Waals surface area (Å²) in [5.74, 6) is -0.00549. The van der Waals surface area contributed by atoms with Gasteiger partial charge in [-0.05, 0) is 77.0 Å². The molecule has 0 aliphatic rings. The number of hydrogen-bond donors (Lipinski definition) is 3. The Hall–Kier alpha value is -1.66. The Morgan fingerprint density at radius 3 is 0.763 bits per heavy atom. The zero-order valence-corrected chi connectivity index (χ0v) is 63.5. The molecule has 0 aliphatic heterocycles. The van der Waals surface area contributed by atoms with Gasteiger partial charge in [-0.2, -0.15) is 0 Å². The van der Waals surface area contributed by atoms with Crippen LogP contribution in [0.25, 0.3) is 0 Å². The second-order valence-corrected chi connectivity index (χ2v) is 29.9. The molecule has 0 aromatic heterocycles. The van der Waals surface area contributed by atoms with Crippen molar-refractivity contribution in [3.8, 4) is 0 Å². The van der Waals surface area contributed by atoms with Crippen LogP contribution < -0.4 is 5.32 Å². The molecule has 3 N–H and O–H groups in total. The first kappa shape index (κ1) is 91.3. The molecule has 0 rings (SSSR count). The molecule has 1 amide bonds. The number of unbranched alkanes of at least 4 members (excludes halogenated alkanes) is 67. The van der Waals surface area contributed by atoms with Crippen molar-refractivity contribution in [2.24, 2.45) is 0 Å². The van der Waals surface area contributed by atoms with E-state index in [0.29, 0.717) is 25.9 Å². The molecule has 93 heavy (non-hydrogen) atoms. The fourth-order valence-electron chi connectivity index (χ4n) is 13.9. The number of carbonyl (C=O) groups excluding carboxylic acids is 2. The summed E-state index contributed by atoms with van der Waals surface area (Å²) in [6.07, 6.45) is 107. The van der Waals surface area contributed by atoms with Crippen LogP contribution in [-0.2, 0) is 14.3 Å². The standard InChI is InChI=1S/C87H169NO5/c1-3-5-7-9-11-13-15-17-19-21-23-41-44-47-51-55-59-63-67-71-75-79-85(90)84(83-89)88-86(91)80-76-72-68-64-60-56-52-48-45-42-39-37-35-33-31-29-27-25-24-26-28-30-32-34-36-38-40-43-46-50-54-58-62-66-70-74-78-82-93-87(92)81-77-73-69-65-61-57-53-49-22-20-18-16-14-12-10-8-6-4-2/h20,22,24,26,84-85,89-90H,3-19,21,23,25,27-83H2,1-2H3,(H,88,91)/b22-20-,26-24-. The van der Waals surface area contributed by atoms with Crippen LogP contribution in [0.2, 0.25) is 0 Å². The van der Waals surface area contributed by atoms with Gasteiger partial charge in [-0.25, -0.2) is 0 Å². The Balaban J connectivity index is 3.33. The van der Waals surface area contributed by atoms with E-state index in [2.05, 4.69) is 43.5 Å². The van der Waals surface area contributed by atoms with Gasteiger partial charge in [0.25, 0.3) is 0 Å². The summed E-state index contributed by atoms with van der Waals surface area (Å²) in [5, 5.41) is 23.5. The minimum absolute atomic E-state index is 0.0197. The molecule has 552 valence electrons. The van der Waals surface area contributed by atoms with E-state index in [-0.39, 0.29) is 18.5 Å². The van der Waals surface area contributed by atoms with Gasteiger partial charge in [0, 0.05) is 12.8 Å². The van der Waals surface area contributed by atoms with E-state index in [0.717, 1.165) is 38.5 Å². The SMILES string of the molecule is CCCCCCCCC/C=C\CCCCCCCCCC(=O)OCCCCCCCCCCCCCCCCCC/C=C\CCCCCCCCCCCCCCCCCCCC(=O)NC(CO)C(O)CCCCCCCCCCCCCCCCCCCCCCC. The summed E-state index contributed by atoms with van der Waals surface area (Å²) in [7, 11) is 0. The number of amides is 1. The van der Waals surface area contributed by atoms with Gasteiger partial charge in [0.2, 0.25) is 5.91 Å². The molecule has 0 heterocycles. The zero-order valence-electron chi connectivity index (χ0n) is 63.5. The van der Waals surface area contributed by atoms with Crippen LogP contribution in [0.1, 0.15) is 495 Å². The predicted octanol–water partition coefficient (Wildman–Crippen LogP) is 28.8. The number of rotatable bonds is 82. The number of aliphatic hydroxyl groups is 2. The third-order valence-electron chi connectivity index (χ3n) is 20.5. The topological polar surface area (TPSA) is 95.9 Å². The van der Waals surface area contributed by atoms with Crippen LogP contribution in [0.4, 0.5) is 0 Å². The molecule has 0 radical (unpaired) electrons. The van der Waals surface area contributed by atoms with Gasteiger partial charge in [-0.15, -0.1) is 0 Å². The number of aliphatic hydroxyl groups excluding tert-OH is 2. The highest BCUT2D eigenvalue weighted by atomic mass is 16.5. The average Bonchev–Trinajstić information content (AvgIpc) is 3.78. The van der Waals surface area contributed by atoms with Gasteiger partial charge < -0.3 is 20.3 Å². The van der Waals surface area contributed by atoms with E-state index in [1.165, 1.54) is 424 Å². The third kappa shape index (κ3) is 79.2. The molecule has 0 saturated carbocycles. The fourth-order valence-corrected chi connectivity index (χ4v) is 13.9. The van der Waals surface area contributed by atoms with Crippen LogP contribution in [0.5, 0.6) is 0 Å². The lowest BCUT2D eigenvalue weighted by molar-refractivity contribution is -0.143. The Bertz CT molecular complexity index is 1460. The maximum absolute atomic E-state index is 12.6. The first-order valence-electron chi connectivity index (χ1n) is 43.1. The smallest absolute Gasteiger partial charge is 0.305 e. The first-order chi connectivity index (χ1) is 46.0. The first-order valence-corrected chi connectivity index (χ1v) is 43.1. The lowest BCUT2D eigenvalue weighted by Gasteiger charge is -2.22. The van der Waals surface area contributed by atoms with Crippen molar-refractivity contribution in [1.29, 1.82) is 0 Å². The van der Waals surface area contributed by atoms with E-state index in [1.807, 2.05) is 0 Å². The van der Waals surface area contributed by atoms with E-state index in [1.54, 1.807) is 0 Å². The molecular weight excluding hydrogens is 1140 g/mol. The predicted molar refractivity (Wildman–Crippen MR) is 412 cm³/mol. The normalized spacial score (nSPS) is 12.5. The van der Waals surface area contributed by atoms with Crippen molar-refractivity contribution in [2.75, 3.05) is 13.2 Å². The van der Waals surface area contributed by atoms with E-state index < -0.39 is 12.1 Å². The molecule has 6 heteroatoms. The van der Waals surface area contributed by atoms with Crippen LogP contribution in [0, 0.1) is 0 Å². The van der Waals surface area contributed by atoms with Crippen molar-refractivity contribution < 1.29 is 24.5 Å². The Kier molecular flexibility index (Phi) is 81.3. The van der Waals surface area contributed by atoms with Crippen molar-refractivity contribution in [1.82, 2.24) is 5.32 Å². The molecule has 0 aliphatic carbocycles.